The molecule has 0 aliphatic heterocycles. The monoisotopic (exact) mass is 429 g/mol. The van der Waals surface area contributed by atoms with E-state index in [-0.39, 0.29) is 11.7 Å². The lowest BCUT2D eigenvalue weighted by Crippen LogP contribution is -2.10. The number of imidazole rings is 1. The van der Waals surface area contributed by atoms with Crippen LogP contribution in [0.25, 0.3) is 28.0 Å². The highest BCUT2D eigenvalue weighted by Gasteiger charge is 2.16. The van der Waals surface area contributed by atoms with Gasteiger partial charge < -0.3 is 5.32 Å². The second-order valence-electron chi connectivity index (χ2n) is 6.75. The van der Waals surface area contributed by atoms with Crippen molar-refractivity contribution >= 4 is 34.1 Å². The maximum absolute atomic E-state index is 13.3. The maximum atomic E-state index is 13.3. The summed E-state index contributed by atoms with van der Waals surface area (Å²) in [6, 6.07) is 15.8. The van der Waals surface area contributed by atoms with Crippen molar-refractivity contribution in [3.05, 3.63) is 96.0 Å². The third-order valence-corrected chi connectivity index (χ3v) is 5.43. The molecule has 0 aliphatic carbocycles. The topological polar surface area (TPSA) is 64.2 Å². The number of carbonyl (C=O) groups excluding carboxylic acids is 1. The SMILES string of the molecule is O=C(/C=C/c1cnn(-c2ccccc2)c1)Nc1c(-c2ccc(F)cc2)nc2sccn12. The molecule has 3 aromatic heterocycles. The molecule has 0 saturated heterocycles. The fourth-order valence-corrected chi connectivity index (χ4v) is 3.90. The Hall–Kier alpha value is -4.04. The minimum Gasteiger partial charge on any atom is -0.306 e. The van der Waals surface area contributed by atoms with Gasteiger partial charge in [0.05, 0.1) is 11.9 Å². The first kappa shape index (κ1) is 19.0. The largest absolute Gasteiger partial charge is 0.306 e. The van der Waals surface area contributed by atoms with E-state index in [2.05, 4.69) is 15.4 Å². The Morgan fingerprint density at radius 3 is 2.71 bits per heavy atom. The minimum absolute atomic E-state index is 0.302. The Bertz CT molecular complexity index is 1380. The third kappa shape index (κ3) is 3.88. The highest BCUT2D eigenvalue weighted by Crippen LogP contribution is 2.30. The number of para-hydroxylation sites is 1. The first-order valence-electron chi connectivity index (χ1n) is 9.48. The predicted octanol–water partition coefficient (Wildman–Crippen LogP) is 5.04. The highest BCUT2D eigenvalue weighted by molar-refractivity contribution is 7.15. The van der Waals surface area contributed by atoms with Gasteiger partial charge in [-0.15, -0.1) is 11.3 Å². The van der Waals surface area contributed by atoms with Crippen LogP contribution in [0.1, 0.15) is 5.56 Å². The summed E-state index contributed by atoms with van der Waals surface area (Å²) < 4.78 is 16.9. The number of fused-ring (bicyclic) bond motifs is 1. The molecule has 31 heavy (non-hydrogen) atoms. The van der Waals surface area contributed by atoms with Crippen molar-refractivity contribution in [3.63, 3.8) is 0 Å². The van der Waals surface area contributed by atoms with Gasteiger partial charge in [0.1, 0.15) is 17.3 Å². The second-order valence-corrected chi connectivity index (χ2v) is 7.62. The van der Waals surface area contributed by atoms with Crippen LogP contribution < -0.4 is 5.32 Å². The molecule has 5 rings (SSSR count). The van der Waals surface area contributed by atoms with E-state index in [1.165, 1.54) is 29.5 Å². The number of halogens is 1. The van der Waals surface area contributed by atoms with E-state index in [0.717, 1.165) is 21.8 Å². The van der Waals surface area contributed by atoms with Gasteiger partial charge in [-0.05, 0) is 42.5 Å². The van der Waals surface area contributed by atoms with E-state index in [1.807, 2.05) is 52.5 Å². The highest BCUT2D eigenvalue weighted by atomic mass is 32.1. The Balaban J connectivity index is 1.38. The van der Waals surface area contributed by atoms with Crippen molar-refractivity contribution in [1.82, 2.24) is 19.2 Å². The molecule has 0 bridgehead atoms. The first-order valence-corrected chi connectivity index (χ1v) is 10.4. The van der Waals surface area contributed by atoms with Crippen LogP contribution in [0.4, 0.5) is 10.2 Å². The lowest BCUT2D eigenvalue weighted by molar-refractivity contribution is -0.111. The second kappa shape index (κ2) is 8.00. The zero-order chi connectivity index (χ0) is 21.2. The average Bonchev–Trinajstić information content (AvgIpc) is 3.51. The van der Waals surface area contributed by atoms with E-state index in [9.17, 15) is 9.18 Å². The quantitative estimate of drug-likeness (QED) is 0.398. The first-order chi connectivity index (χ1) is 15.2. The van der Waals surface area contributed by atoms with E-state index in [4.69, 9.17) is 0 Å². The van der Waals surface area contributed by atoms with Crippen LogP contribution in [0.2, 0.25) is 0 Å². The summed E-state index contributed by atoms with van der Waals surface area (Å²) >= 11 is 1.46. The van der Waals surface area contributed by atoms with Crippen LogP contribution in [0, 0.1) is 5.82 Å². The van der Waals surface area contributed by atoms with E-state index >= 15 is 0 Å². The standard InChI is InChI=1S/C23H16FN5OS/c24-18-9-7-17(8-10-18)21-22(28-12-13-31-23(28)27-21)26-20(30)11-6-16-14-25-29(15-16)19-4-2-1-3-5-19/h1-15H,(H,26,30)/b11-6+. The average molecular weight is 429 g/mol. The van der Waals surface area contributed by atoms with E-state index < -0.39 is 0 Å². The molecule has 0 unspecified atom stereocenters. The minimum atomic E-state index is -0.325. The fourth-order valence-electron chi connectivity index (χ4n) is 3.19. The molecule has 0 spiro atoms. The molecule has 0 aliphatic rings. The van der Waals surface area contributed by atoms with Crippen molar-refractivity contribution in [2.24, 2.45) is 0 Å². The Labute approximate surface area is 180 Å². The maximum Gasteiger partial charge on any atom is 0.249 e. The van der Waals surface area contributed by atoms with Crippen LogP contribution in [-0.2, 0) is 4.79 Å². The molecule has 2 aromatic carbocycles. The number of carbonyl (C=O) groups is 1. The molecule has 6 nitrogen and oxygen atoms in total. The number of benzene rings is 2. The van der Waals surface area contributed by atoms with Crippen molar-refractivity contribution in [3.8, 4) is 16.9 Å². The van der Waals surface area contributed by atoms with E-state index in [1.54, 1.807) is 29.1 Å². The zero-order valence-corrected chi connectivity index (χ0v) is 17.0. The van der Waals surface area contributed by atoms with Crippen LogP contribution in [0.15, 0.2) is 84.6 Å². The van der Waals surface area contributed by atoms with Crippen molar-refractivity contribution in [2.75, 3.05) is 5.32 Å². The van der Waals surface area contributed by atoms with Crippen molar-refractivity contribution in [1.29, 1.82) is 0 Å². The number of hydrogen-bond donors (Lipinski definition) is 1. The summed E-state index contributed by atoms with van der Waals surface area (Å²) in [7, 11) is 0. The summed E-state index contributed by atoms with van der Waals surface area (Å²) in [5.74, 6) is -0.0874. The molecule has 8 heteroatoms. The van der Waals surface area contributed by atoms with Gasteiger partial charge in [0.25, 0.3) is 0 Å². The summed E-state index contributed by atoms with van der Waals surface area (Å²) in [5.41, 5.74) is 3.05. The molecule has 0 fully saturated rings. The summed E-state index contributed by atoms with van der Waals surface area (Å²) in [6.07, 6.45) is 8.52. The fraction of sp³-hybridized carbons (Fsp3) is 0. The summed E-state index contributed by atoms with van der Waals surface area (Å²) in [4.78, 5) is 18.0. The van der Waals surface area contributed by atoms with Gasteiger partial charge in [-0.3, -0.25) is 9.20 Å². The molecule has 3 heterocycles. The molecule has 152 valence electrons. The number of hydrogen-bond acceptors (Lipinski definition) is 4. The third-order valence-electron chi connectivity index (χ3n) is 4.67. The molecule has 1 N–H and O–H groups in total. The molecule has 5 aromatic rings. The van der Waals surface area contributed by atoms with Gasteiger partial charge in [-0.1, -0.05) is 18.2 Å². The summed E-state index contributed by atoms with van der Waals surface area (Å²) in [5, 5.41) is 9.12. The number of rotatable bonds is 5. The van der Waals surface area contributed by atoms with Gasteiger partial charge >= 0.3 is 0 Å². The summed E-state index contributed by atoms with van der Waals surface area (Å²) in [6.45, 7) is 0. The molecule has 1 amide bonds. The number of nitrogens with one attached hydrogen (secondary N) is 1. The van der Waals surface area contributed by atoms with Gasteiger partial charge in [0, 0.05) is 35.0 Å². The molecular formula is C23H16FN5OS. The van der Waals surface area contributed by atoms with Crippen LogP contribution in [0.3, 0.4) is 0 Å². The molecule has 0 radical (unpaired) electrons. The molecule has 0 saturated carbocycles. The lowest BCUT2D eigenvalue weighted by atomic mass is 10.1. The lowest BCUT2D eigenvalue weighted by Gasteiger charge is -2.05. The number of nitrogens with zero attached hydrogens (tertiary/aromatic N) is 4. The van der Waals surface area contributed by atoms with Crippen LogP contribution in [-0.4, -0.2) is 25.1 Å². The van der Waals surface area contributed by atoms with Crippen LogP contribution in [0.5, 0.6) is 0 Å². The Kier molecular flexibility index (Phi) is 4.89. The van der Waals surface area contributed by atoms with Gasteiger partial charge in [-0.25, -0.2) is 14.1 Å². The zero-order valence-electron chi connectivity index (χ0n) is 16.1. The Morgan fingerprint density at radius 2 is 1.90 bits per heavy atom. The van der Waals surface area contributed by atoms with Gasteiger partial charge in [0.2, 0.25) is 5.91 Å². The number of thiazole rings is 1. The number of amides is 1. The van der Waals surface area contributed by atoms with Gasteiger partial charge in [0.15, 0.2) is 4.96 Å². The van der Waals surface area contributed by atoms with Crippen molar-refractivity contribution in [2.45, 2.75) is 0 Å². The predicted molar refractivity (Wildman–Crippen MR) is 120 cm³/mol. The number of aromatic nitrogens is 4. The van der Waals surface area contributed by atoms with E-state index in [0.29, 0.717) is 11.5 Å². The smallest absolute Gasteiger partial charge is 0.249 e. The van der Waals surface area contributed by atoms with Crippen molar-refractivity contribution < 1.29 is 9.18 Å². The Morgan fingerprint density at radius 1 is 1.10 bits per heavy atom. The molecular weight excluding hydrogens is 413 g/mol. The molecule has 0 atom stereocenters. The van der Waals surface area contributed by atoms with Gasteiger partial charge in [-0.2, -0.15) is 5.10 Å². The number of anilines is 1. The normalized spacial score (nSPS) is 11.4. The van der Waals surface area contributed by atoms with Crippen LogP contribution >= 0.6 is 11.3 Å².